The first-order valence-corrected chi connectivity index (χ1v) is 9.40. The van der Waals surface area contributed by atoms with E-state index in [9.17, 15) is 4.79 Å². The maximum absolute atomic E-state index is 12.8. The molecule has 1 heteroatoms. The first-order chi connectivity index (χ1) is 10.2. The van der Waals surface area contributed by atoms with Gasteiger partial charge in [0.15, 0.2) is 0 Å². The van der Waals surface area contributed by atoms with E-state index in [1.54, 1.807) is 0 Å². The summed E-state index contributed by atoms with van der Waals surface area (Å²) in [6.07, 6.45) is 13.6. The molecule has 0 amide bonds. The van der Waals surface area contributed by atoms with E-state index in [4.69, 9.17) is 0 Å². The third-order valence-electron chi connectivity index (χ3n) is 7.28. The Morgan fingerprint density at radius 3 is 2.67 bits per heavy atom. The van der Waals surface area contributed by atoms with Crippen molar-refractivity contribution < 1.29 is 4.79 Å². The molecule has 0 N–H and O–H groups in total. The molecule has 1 nitrogen and oxygen atoms in total. The van der Waals surface area contributed by atoms with Crippen LogP contribution in [-0.4, -0.2) is 5.78 Å². The van der Waals surface area contributed by atoms with Gasteiger partial charge in [0.2, 0.25) is 0 Å². The van der Waals surface area contributed by atoms with E-state index >= 15 is 0 Å². The van der Waals surface area contributed by atoms with E-state index < -0.39 is 0 Å². The summed E-state index contributed by atoms with van der Waals surface area (Å²) in [6.45, 7) is 4.52. The maximum Gasteiger partial charge on any atom is 0.136 e. The van der Waals surface area contributed by atoms with Crippen molar-refractivity contribution in [3.05, 3.63) is 12.2 Å². The van der Waals surface area contributed by atoms with Crippen molar-refractivity contribution in [2.24, 2.45) is 47.3 Å². The number of allylic oxidation sites excluding steroid dienone is 2. The largest absolute Gasteiger partial charge is 0.299 e. The molecule has 4 rings (SSSR count). The SMILES string of the molecule is CCCCC(C)CC(=O)C1CC2CC1C1C3C=CC(C3)C21. The third-order valence-corrected chi connectivity index (χ3v) is 7.28. The molecule has 3 saturated carbocycles. The summed E-state index contributed by atoms with van der Waals surface area (Å²) >= 11 is 0. The van der Waals surface area contributed by atoms with Crippen LogP contribution in [0.25, 0.3) is 0 Å². The molecular weight excluding hydrogens is 256 g/mol. The third kappa shape index (κ3) is 2.14. The monoisotopic (exact) mass is 286 g/mol. The minimum absolute atomic E-state index is 0.438. The Morgan fingerprint density at radius 2 is 1.90 bits per heavy atom. The highest BCUT2D eigenvalue weighted by molar-refractivity contribution is 5.82. The molecule has 4 bridgehead atoms. The first-order valence-electron chi connectivity index (χ1n) is 9.40. The number of Topliss-reactive ketones (excluding diaryl/α,β-unsaturated/α-hetero) is 1. The van der Waals surface area contributed by atoms with Gasteiger partial charge >= 0.3 is 0 Å². The van der Waals surface area contributed by atoms with E-state index in [0.29, 0.717) is 17.6 Å². The van der Waals surface area contributed by atoms with Crippen molar-refractivity contribution in [1.82, 2.24) is 0 Å². The molecule has 4 aliphatic rings. The number of unbranched alkanes of at least 4 members (excludes halogenated alkanes) is 1. The summed E-state index contributed by atoms with van der Waals surface area (Å²) in [6, 6.07) is 0. The summed E-state index contributed by atoms with van der Waals surface area (Å²) in [4.78, 5) is 12.8. The molecule has 0 aromatic carbocycles. The number of ketones is 1. The van der Waals surface area contributed by atoms with Crippen LogP contribution in [0.4, 0.5) is 0 Å². The Kier molecular flexibility index (Phi) is 3.51. The zero-order valence-electron chi connectivity index (χ0n) is 13.6. The van der Waals surface area contributed by atoms with E-state index in [1.807, 2.05) is 0 Å². The number of hydrogen-bond donors (Lipinski definition) is 0. The molecule has 0 spiro atoms. The topological polar surface area (TPSA) is 17.1 Å². The van der Waals surface area contributed by atoms with Crippen LogP contribution in [0, 0.1) is 47.3 Å². The number of carbonyl (C=O) groups is 1. The van der Waals surface area contributed by atoms with Crippen LogP contribution >= 0.6 is 0 Å². The molecule has 4 aliphatic carbocycles. The lowest BCUT2D eigenvalue weighted by Gasteiger charge is -2.36. The van der Waals surface area contributed by atoms with Crippen LogP contribution in [0.15, 0.2) is 12.2 Å². The van der Waals surface area contributed by atoms with Gasteiger partial charge < -0.3 is 0 Å². The minimum Gasteiger partial charge on any atom is -0.299 e. The van der Waals surface area contributed by atoms with Crippen molar-refractivity contribution in [2.75, 3.05) is 0 Å². The van der Waals surface area contributed by atoms with Crippen molar-refractivity contribution in [1.29, 1.82) is 0 Å². The molecule has 0 aliphatic heterocycles. The predicted octanol–water partition coefficient (Wildman–Crippen LogP) is 4.87. The van der Waals surface area contributed by atoms with Gasteiger partial charge in [0.25, 0.3) is 0 Å². The molecule has 21 heavy (non-hydrogen) atoms. The van der Waals surface area contributed by atoms with Crippen LogP contribution in [-0.2, 0) is 4.79 Å². The van der Waals surface area contributed by atoms with Gasteiger partial charge in [-0.05, 0) is 60.7 Å². The van der Waals surface area contributed by atoms with Crippen molar-refractivity contribution >= 4 is 5.78 Å². The lowest BCUT2D eigenvalue weighted by molar-refractivity contribution is -0.126. The molecule has 0 saturated heterocycles. The number of carbonyl (C=O) groups excluding carboxylic acids is 1. The molecule has 0 aromatic rings. The number of hydrogen-bond acceptors (Lipinski definition) is 1. The highest BCUT2D eigenvalue weighted by Gasteiger charge is 2.61. The van der Waals surface area contributed by atoms with Gasteiger partial charge in [-0.25, -0.2) is 0 Å². The van der Waals surface area contributed by atoms with E-state index in [1.165, 1.54) is 38.5 Å². The fourth-order valence-corrected chi connectivity index (χ4v) is 6.54. The van der Waals surface area contributed by atoms with Crippen LogP contribution < -0.4 is 0 Å². The van der Waals surface area contributed by atoms with Crippen LogP contribution in [0.5, 0.6) is 0 Å². The molecule has 116 valence electrons. The zero-order valence-corrected chi connectivity index (χ0v) is 13.6. The Hall–Kier alpha value is -0.590. The fourth-order valence-electron chi connectivity index (χ4n) is 6.54. The highest BCUT2D eigenvalue weighted by Crippen LogP contribution is 2.67. The highest BCUT2D eigenvalue weighted by atomic mass is 16.1. The summed E-state index contributed by atoms with van der Waals surface area (Å²) in [5, 5.41) is 0. The van der Waals surface area contributed by atoms with Gasteiger partial charge in [-0.1, -0.05) is 45.3 Å². The van der Waals surface area contributed by atoms with E-state index in [0.717, 1.165) is 41.9 Å². The molecule has 0 aromatic heterocycles. The standard InChI is InChI=1S/C20H30O/c1-3-4-5-12(2)8-18(21)16-10-15-11-17(16)20-14-7-6-13(9-14)19(15)20/h6-7,12-17,19-20H,3-5,8-11H2,1-2H3. The van der Waals surface area contributed by atoms with Crippen molar-refractivity contribution in [2.45, 2.75) is 58.8 Å². The first kappa shape index (κ1) is 14.0. The lowest BCUT2D eigenvalue weighted by Crippen LogP contribution is -2.34. The minimum atomic E-state index is 0.438. The van der Waals surface area contributed by atoms with Gasteiger partial charge in [-0.2, -0.15) is 0 Å². The second-order valence-corrected chi connectivity index (χ2v) is 8.52. The number of fused-ring (bicyclic) bond motifs is 9. The fraction of sp³-hybridized carbons (Fsp3) is 0.850. The van der Waals surface area contributed by atoms with Crippen molar-refractivity contribution in [3.63, 3.8) is 0 Å². The summed E-state index contributed by atoms with van der Waals surface area (Å²) < 4.78 is 0. The molecule has 3 fully saturated rings. The van der Waals surface area contributed by atoms with Crippen molar-refractivity contribution in [3.8, 4) is 0 Å². The van der Waals surface area contributed by atoms with Crippen LogP contribution in [0.3, 0.4) is 0 Å². The second kappa shape index (κ2) is 5.25. The quantitative estimate of drug-likeness (QED) is 0.503. The molecule has 0 radical (unpaired) electrons. The van der Waals surface area contributed by atoms with Gasteiger partial charge in [0.1, 0.15) is 5.78 Å². The van der Waals surface area contributed by atoms with Gasteiger partial charge in [0.05, 0.1) is 0 Å². The Morgan fingerprint density at radius 1 is 1.14 bits per heavy atom. The van der Waals surface area contributed by atoms with Gasteiger partial charge in [-0.15, -0.1) is 0 Å². The smallest absolute Gasteiger partial charge is 0.136 e. The molecule has 8 atom stereocenters. The van der Waals surface area contributed by atoms with E-state index in [-0.39, 0.29) is 0 Å². The molecular formula is C20H30O. The molecule has 8 unspecified atom stereocenters. The zero-order chi connectivity index (χ0) is 14.6. The lowest BCUT2D eigenvalue weighted by atomic mass is 9.68. The second-order valence-electron chi connectivity index (χ2n) is 8.52. The Balaban J connectivity index is 1.40. The summed E-state index contributed by atoms with van der Waals surface area (Å²) in [5.74, 6) is 6.88. The average Bonchev–Trinajstić information content (AvgIpc) is 3.21. The normalized spacial score (nSPS) is 47.0. The molecule has 0 heterocycles. The van der Waals surface area contributed by atoms with Crippen LogP contribution in [0.2, 0.25) is 0 Å². The number of rotatable bonds is 6. The van der Waals surface area contributed by atoms with Gasteiger partial charge in [-0.3, -0.25) is 4.79 Å². The Bertz CT molecular complexity index is 451. The predicted molar refractivity (Wildman–Crippen MR) is 85.7 cm³/mol. The van der Waals surface area contributed by atoms with Gasteiger partial charge in [0, 0.05) is 12.3 Å². The summed E-state index contributed by atoms with van der Waals surface area (Å²) in [5.41, 5.74) is 0. The summed E-state index contributed by atoms with van der Waals surface area (Å²) in [7, 11) is 0. The Labute approximate surface area is 129 Å². The van der Waals surface area contributed by atoms with Crippen LogP contribution in [0.1, 0.15) is 58.8 Å². The average molecular weight is 286 g/mol. The van der Waals surface area contributed by atoms with E-state index in [2.05, 4.69) is 26.0 Å². The maximum atomic E-state index is 12.8.